The zero-order valence-electron chi connectivity index (χ0n) is 14.1. The molecule has 2 fully saturated rings. The van der Waals surface area contributed by atoms with Gasteiger partial charge in [0.2, 0.25) is 5.91 Å². The second-order valence-electron chi connectivity index (χ2n) is 6.76. The fraction of sp³-hybridized carbons (Fsp3) is 0.611. The molecule has 5 nitrogen and oxygen atoms in total. The smallest absolute Gasteiger partial charge is 0.237 e. The highest BCUT2D eigenvalue weighted by molar-refractivity contribution is 5.81. The van der Waals surface area contributed by atoms with Crippen molar-refractivity contribution in [3.05, 3.63) is 35.4 Å². The van der Waals surface area contributed by atoms with Gasteiger partial charge in [-0.05, 0) is 37.6 Å². The van der Waals surface area contributed by atoms with Crippen molar-refractivity contribution in [2.75, 3.05) is 39.8 Å². The van der Waals surface area contributed by atoms with E-state index in [-0.39, 0.29) is 11.9 Å². The van der Waals surface area contributed by atoms with Gasteiger partial charge in [0.1, 0.15) is 0 Å². The number of nitrogens with one attached hydrogen (secondary N) is 2. The number of hydrogen-bond acceptors (Lipinski definition) is 4. The van der Waals surface area contributed by atoms with Crippen molar-refractivity contribution in [1.82, 2.24) is 20.4 Å². The van der Waals surface area contributed by atoms with Gasteiger partial charge in [-0.3, -0.25) is 9.69 Å². The van der Waals surface area contributed by atoms with Crippen molar-refractivity contribution in [2.24, 2.45) is 0 Å². The van der Waals surface area contributed by atoms with Crippen LogP contribution in [0.5, 0.6) is 0 Å². The van der Waals surface area contributed by atoms with Crippen LogP contribution >= 0.6 is 0 Å². The molecule has 1 aromatic rings. The Hall–Kier alpha value is -1.43. The first-order valence-electron chi connectivity index (χ1n) is 8.70. The van der Waals surface area contributed by atoms with Gasteiger partial charge < -0.3 is 15.5 Å². The summed E-state index contributed by atoms with van der Waals surface area (Å²) >= 11 is 0. The van der Waals surface area contributed by atoms with Crippen molar-refractivity contribution in [2.45, 2.75) is 32.0 Å². The highest BCUT2D eigenvalue weighted by Crippen LogP contribution is 2.10. The van der Waals surface area contributed by atoms with E-state index < -0.39 is 0 Å². The maximum atomic E-state index is 12.0. The first kappa shape index (κ1) is 16.4. The third-order valence-electron chi connectivity index (χ3n) is 4.87. The minimum Gasteiger partial charge on any atom is -0.351 e. The Bertz CT molecular complexity index is 502. The number of benzene rings is 1. The second-order valence-corrected chi connectivity index (χ2v) is 6.76. The molecule has 0 radical (unpaired) electrons. The Morgan fingerprint density at radius 3 is 2.52 bits per heavy atom. The van der Waals surface area contributed by atoms with E-state index in [1.807, 2.05) is 0 Å². The summed E-state index contributed by atoms with van der Waals surface area (Å²) in [5.74, 6) is 0.129. The lowest BCUT2D eigenvalue weighted by Crippen LogP contribution is -2.43. The van der Waals surface area contributed by atoms with E-state index in [0.29, 0.717) is 6.54 Å². The largest absolute Gasteiger partial charge is 0.351 e. The van der Waals surface area contributed by atoms with Crippen LogP contribution in [0.3, 0.4) is 0 Å². The molecular weight excluding hydrogens is 288 g/mol. The van der Waals surface area contributed by atoms with Gasteiger partial charge in [-0.1, -0.05) is 24.3 Å². The van der Waals surface area contributed by atoms with Gasteiger partial charge in [0.15, 0.2) is 0 Å². The topological polar surface area (TPSA) is 47.6 Å². The zero-order valence-corrected chi connectivity index (χ0v) is 14.1. The maximum Gasteiger partial charge on any atom is 0.237 e. The first-order chi connectivity index (χ1) is 11.2. The van der Waals surface area contributed by atoms with E-state index in [4.69, 9.17) is 0 Å². The molecule has 3 rings (SSSR count). The average molecular weight is 316 g/mol. The molecule has 2 aliphatic heterocycles. The molecule has 23 heavy (non-hydrogen) atoms. The number of carbonyl (C=O) groups is 1. The number of hydrogen-bond donors (Lipinski definition) is 2. The number of piperazine rings is 1. The lowest BCUT2D eigenvalue weighted by Gasteiger charge is -2.32. The van der Waals surface area contributed by atoms with Crippen molar-refractivity contribution >= 4 is 5.91 Å². The Morgan fingerprint density at radius 1 is 1.17 bits per heavy atom. The van der Waals surface area contributed by atoms with Crippen molar-refractivity contribution in [3.63, 3.8) is 0 Å². The summed E-state index contributed by atoms with van der Waals surface area (Å²) in [5.41, 5.74) is 2.51. The van der Waals surface area contributed by atoms with Gasteiger partial charge in [0, 0.05) is 39.3 Å². The lowest BCUT2D eigenvalue weighted by atomic mass is 10.1. The van der Waals surface area contributed by atoms with Crippen molar-refractivity contribution in [1.29, 1.82) is 0 Å². The highest BCUT2D eigenvalue weighted by Gasteiger charge is 2.21. The quantitative estimate of drug-likeness (QED) is 0.844. The summed E-state index contributed by atoms with van der Waals surface area (Å²) in [4.78, 5) is 16.9. The molecule has 0 aromatic heterocycles. The second kappa shape index (κ2) is 7.90. The highest BCUT2D eigenvalue weighted by atomic mass is 16.2. The summed E-state index contributed by atoms with van der Waals surface area (Å²) in [6.45, 7) is 7.18. The molecule has 2 aliphatic rings. The molecule has 126 valence electrons. The third-order valence-corrected chi connectivity index (χ3v) is 4.87. The number of likely N-dealkylation sites (N-methyl/N-ethyl adjacent to an activating group) is 1. The molecule has 2 heterocycles. The van der Waals surface area contributed by atoms with Gasteiger partial charge in [-0.15, -0.1) is 0 Å². The molecule has 0 spiro atoms. The summed E-state index contributed by atoms with van der Waals surface area (Å²) < 4.78 is 0. The fourth-order valence-electron chi connectivity index (χ4n) is 3.25. The predicted molar refractivity (Wildman–Crippen MR) is 92.1 cm³/mol. The number of rotatable bonds is 5. The Labute approximate surface area is 139 Å². The zero-order chi connectivity index (χ0) is 16.1. The molecule has 5 heteroatoms. The molecule has 2 N–H and O–H groups in total. The summed E-state index contributed by atoms with van der Waals surface area (Å²) in [6.07, 6.45) is 2.05. The number of carbonyl (C=O) groups excluding carboxylic acids is 1. The molecule has 0 unspecified atom stereocenters. The molecule has 0 bridgehead atoms. The van der Waals surface area contributed by atoms with Gasteiger partial charge in [-0.25, -0.2) is 0 Å². The van der Waals surface area contributed by atoms with E-state index in [0.717, 1.165) is 52.1 Å². The van der Waals surface area contributed by atoms with E-state index in [2.05, 4.69) is 51.7 Å². The Kier molecular flexibility index (Phi) is 5.65. The fourth-order valence-corrected chi connectivity index (χ4v) is 3.25. The van der Waals surface area contributed by atoms with Gasteiger partial charge in [0.05, 0.1) is 6.04 Å². The minimum absolute atomic E-state index is 0.00602. The first-order valence-corrected chi connectivity index (χ1v) is 8.70. The van der Waals surface area contributed by atoms with E-state index in [1.54, 1.807) is 0 Å². The molecule has 1 aromatic carbocycles. The van der Waals surface area contributed by atoms with Crippen LogP contribution < -0.4 is 10.6 Å². The monoisotopic (exact) mass is 316 g/mol. The van der Waals surface area contributed by atoms with E-state index in [1.165, 1.54) is 11.1 Å². The molecule has 0 saturated carbocycles. The Morgan fingerprint density at radius 2 is 1.87 bits per heavy atom. The van der Waals surface area contributed by atoms with E-state index in [9.17, 15) is 4.79 Å². The SMILES string of the molecule is CN1CCN(Cc2ccc(CNC(=O)[C@@H]3CCCN3)cc2)CC1. The lowest BCUT2D eigenvalue weighted by molar-refractivity contribution is -0.122. The minimum atomic E-state index is 0.00602. The summed E-state index contributed by atoms with van der Waals surface area (Å²) in [7, 11) is 2.18. The van der Waals surface area contributed by atoms with Crippen LogP contribution in [0.1, 0.15) is 24.0 Å². The predicted octanol–water partition coefficient (Wildman–Crippen LogP) is 0.802. The average Bonchev–Trinajstić information content (AvgIpc) is 3.11. The molecule has 0 aliphatic carbocycles. The van der Waals surface area contributed by atoms with E-state index >= 15 is 0 Å². The van der Waals surface area contributed by atoms with Gasteiger partial charge >= 0.3 is 0 Å². The Balaban J connectivity index is 1.44. The summed E-state index contributed by atoms with van der Waals surface area (Å²) in [6, 6.07) is 8.65. The van der Waals surface area contributed by atoms with Crippen LogP contribution in [0.2, 0.25) is 0 Å². The summed E-state index contributed by atoms with van der Waals surface area (Å²) in [5, 5.41) is 6.26. The van der Waals surface area contributed by atoms with Crippen LogP contribution in [0.15, 0.2) is 24.3 Å². The van der Waals surface area contributed by atoms with Gasteiger partial charge in [0.25, 0.3) is 0 Å². The van der Waals surface area contributed by atoms with Crippen molar-refractivity contribution in [3.8, 4) is 0 Å². The van der Waals surface area contributed by atoms with Crippen LogP contribution in [0.4, 0.5) is 0 Å². The normalized spacial score (nSPS) is 23.1. The molecular formula is C18H28N4O. The standard InChI is InChI=1S/C18H28N4O/c1-21-9-11-22(12-10-21)14-16-6-4-15(5-7-16)13-20-18(23)17-3-2-8-19-17/h4-7,17,19H,2-3,8-14H2,1H3,(H,20,23)/t17-/m0/s1. The van der Waals surface area contributed by atoms with Crippen molar-refractivity contribution < 1.29 is 4.79 Å². The van der Waals surface area contributed by atoms with Crippen LogP contribution in [0, 0.1) is 0 Å². The maximum absolute atomic E-state index is 12.0. The molecule has 2 saturated heterocycles. The van der Waals surface area contributed by atoms with Crippen LogP contribution in [-0.4, -0.2) is 61.5 Å². The van der Waals surface area contributed by atoms with Gasteiger partial charge in [-0.2, -0.15) is 0 Å². The molecule has 1 amide bonds. The van der Waals surface area contributed by atoms with Crippen LogP contribution in [0.25, 0.3) is 0 Å². The number of amides is 1. The molecule has 1 atom stereocenters. The number of nitrogens with zero attached hydrogens (tertiary/aromatic N) is 2. The third kappa shape index (κ3) is 4.77. The van der Waals surface area contributed by atoms with Crippen LogP contribution in [-0.2, 0) is 17.9 Å².